The van der Waals surface area contributed by atoms with E-state index in [2.05, 4.69) is 60.0 Å². The van der Waals surface area contributed by atoms with Gasteiger partial charge in [0.2, 0.25) is 0 Å². The molecule has 1 aliphatic rings. The molecule has 0 atom stereocenters. The van der Waals surface area contributed by atoms with Gasteiger partial charge in [-0.15, -0.1) is 0 Å². The van der Waals surface area contributed by atoms with Crippen LogP contribution >= 0.6 is 30.3 Å². The van der Waals surface area contributed by atoms with Crippen LogP contribution in [0, 0.1) is 0 Å². The largest absolute Gasteiger partial charge is 0.495 e. The fourth-order valence-corrected chi connectivity index (χ4v) is 3.54. The van der Waals surface area contributed by atoms with Gasteiger partial charge in [0.1, 0.15) is 5.65 Å². The number of nitrogens with zero attached hydrogens (tertiary/aromatic N) is 2. The maximum atomic E-state index is 6.13. The molecule has 0 N–H and O–H groups in total. The third-order valence-corrected chi connectivity index (χ3v) is 5.89. The summed E-state index contributed by atoms with van der Waals surface area (Å²) in [7, 11) is 1.25. The minimum Gasteiger partial charge on any atom is -0.399 e. The third kappa shape index (κ3) is 2.19. The molecule has 0 spiro atoms. The Kier molecular flexibility index (Phi) is 3.59. The molecule has 106 valence electrons. The van der Waals surface area contributed by atoms with Crippen LogP contribution in [0.1, 0.15) is 27.7 Å². The van der Waals surface area contributed by atoms with Gasteiger partial charge in [-0.3, -0.25) is 3.97 Å². The number of rotatable bonds is 2. The van der Waals surface area contributed by atoms with Gasteiger partial charge in [0.15, 0.2) is 0 Å². The lowest BCUT2D eigenvalue weighted by Gasteiger charge is -2.32. The maximum absolute atomic E-state index is 6.13. The van der Waals surface area contributed by atoms with Gasteiger partial charge in [-0.05, 0) is 45.3 Å². The van der Waals surface area contributed by atoms with Crippen molar-refractivity contribution >= 4 is 53.9 Å². The quantitative estimate of drug-likeness (QED) is 0.572. The summed E-state index contributed by atoms with van der Waals surface area (Å²) < 4.78 is 14.3. The number of pyridine rings is 1. The second-order valence-electron chi connectivity index (χ2n) is 5.94. The van der Waals surface area contributed by atoms with Crippen molar-refractivity contribution in [3.8, 4) is 0 Å². The topological polar surface area (TPSA) is 36.3 Å². The highest BCUT2D eigenvalue weighted by molar-refractivity contribution is 14.2. The fraction of sp³-hybridized carbons (Fsp3) is 0.462. The molecule has 20 heavy (non-hydrogen) atoms. The molecule has 1 saturated heterocycles. The first-order chi connectivity index (χ1) is 9.36. The lowest BCUT2D eigenvalue weighted by atomic mass is 9.78. The number of hydrogen-bond donors (Lipinski definition) is 0. The highest BCUT2D eigenvalue weighted by atomic mass is 127. The number of aromatic nitrogens is 2. The van der Waals surface area contributed by atoms with Crippen LogP contribution in [0.2, 0.25) is 0 Å². The van der Waals surface area contributed by atoms with E-state index in [0.717, 1.165) is 16.5 Å². The first kappa shape index (κ1) is 14.7. The maximum Gasteiger partial charge on any atom is 0.495 e. The molecular weight excluding hydrogens is 386 g/mol. The second kappa shape index (κ2) is 4.89. The van der Waals surface area contributed by atoms with Crippen molar-refractivity contribution in [2.75, 3.05) is 0 Å². The summed E-state index contributed by atoms with van der Waals surface area (Å²) in [5.74, 6) is 0. The van der Waals surface area contributed by atoms with Crippen molar-refractivity contribution in [3.63, 3.8) is 0 Å². The predicted octanol–water partition coefficient (Wildman–Crippen LogP) is 3.18. The van der Waals surface area contributed by atoms with Gasteiger partial charge in [-0.25, -0.2) is 4.98 Å². The van der Waals surface area contributed by atoms with Gasteiger partial charge in [0.05, 0.1) is 11.2 Å². The Bertz CT molecular complexity index is 643. The lowest BCUT2D eigenvalue weighted by molar-refractivity contribution is 0.00578. The standard InChI is InChI=1S/C13H16BIN2O2S/c1-12(2)13(3,4)19-14(18-12)10-5-7-16-11-9(10)6-8-17(11)20-15/h5-8H,1-4H3. The zero-order valence-electron chi connectivity index (χ0n) is 11.9. The van der Waals surface area contributed by atoms with E-state index in [1.807, 2.05) is 22.4 Å². The zero-order valence-corrected chi connectivity index (χ0v) is 14.9. The first-order valence-electron chi connectivity index (χ1n) is 6.46. The summed E-state index contributed by atoms with van der Waals surface area (Å²) in [5, 5.41) is 1.08. The molecule has 0 aliphatic carbocycles. The van der Waals surface area contributed by atoms with Crippen LogP contribution in [0.5, 0.6) is 0 Å². The Balaban J connectivity index is 2.06. The Hall–Kier alpha value is -0.245. The van der Waals surface area contributed by atoms with Crippen molar-refractivity contribution in [2.24, 2.45) is 0 Å². The van der Waals surface area contributed by atoms with Crippen LogP contribution in [-0.2, 0) is 9.31 Å². The van der Waals surface area contributed by atoms with E-state index >= 15 is 0 Å². The van der Waals surface area contributed by atoms with Gasteiger partial charge < -0.3 is 9.31 Å². The smallest absolute Gasteiger partial charge is 0.399 e. The molecule has 0 aromatic carbocycles. The van der Waals surface area contributed by atoms with Crippen LogP contribution in [0.15, 0.2) is 24.5 Å². The van der Waals surface area contributed by atoms with Gasteiger partial charge in [0, 0.05) is 48.1 Å². The minimum absolute atomic E-state index is 0.326. The molecule has 0 bridgehead atoms. The molecule has 0 radical (unpaired) electrons. The van der Waals surface area contributed by atoms with Crippen LogP contribution < -0.4 is 5.46 Å². The Morgan fingerprint density at radius 1 is 1.20 bits per heavy atom. The number of hydrogen-bond acceptors (Lipinski definition) is 4. The summed E-state index contributed by atoms with van der Waals surface area (Å²) in [6, 6.07) is 4.04. The molecule has 2 aromatic rings. The second-order valence-corrected chi connectivity index (χ2v) is 7.65. The third-order valence-electron chi connectivity index (χ3n) is 4.17. The Morgan fingerprint density at radius 3 is 2.45 bits per heavy atom. The van der Waals surface area contributed by atoms with E-state index in [4.69, 9.17) is 9.31 Å². The summed E-state index contributed by atoms with van der Waals surface area (Å²) in [5.41, 5.74) is 1.33. The molecule has 0 unspecified atom stereocenters. The molecule has 3 heterocycles. The fourth-order valence-electron chi connectivity index (χ4n) is 2.27. The van der Waals surface area contributed by atoms with E-state index in [0.29, 0.717) is 0 Å². The highest BCUT2D eigenvalue weighted by Gasteiger charge is 2.52. The molecular formula is C13H16BIN2O2S. The SMILES string of the molecule is CC1(C)OB(c2ccnc3c2ccn3SI)OC1(C)C. The van der Waals surface area contributed by atoms with Crippen molar-refractivity contribution in [1.82, 2.24) is 8.96 Å². The van der Waals surface area contributed by atoms with Gasteiger partial charge in [-0.2, -0.15) is 0 Å². The van der Waals surface area contributed by atoms with Gasteiger partial charge in [-0.1, -0.05) is 0 Å². The number of fused-ring (bicyclic) bond motifs is 1. The average molecular weight is 402 g/mol. The summed E-state index contributed by atoms with van der Waals surface area (Å²) in [6.07, 6.45) is 3.83. The van der Waals surface area contributed by atoms with Crippen molar-refractivity contribution < 1.29 is 9.31 Å². The van der Waals surface area contributed by atoms with Crippen molar-refractivity contribution in [1.29, 1.82) is 0 Å². The molecule has 4 nitrogen and oxygen atoms in total. The van der Waals surface area contributed by atoms with E-state index in [9.17, 15) is 0 Å². The van der Waals surface area contributed by atoms with E-state index in [1.165, 1.54) is 0 Å². The molecule has 0 amide bonds. The van der Waals surface area contributed by atoms with E-state index < -0.39 is 0 Å². The van der Waals surface area contributed by atoms with Crippen molar-refractivity contribution in [3.05, 3.63) is 24.5 Å². The van der Waals surface area contributed by atoms with Crippen LogP contribution in [0.3, 0.4) is 0 Å². The number of halogens is 1. The molecule has 7 heteroatoms. The molecule has 0 saturated carbocycles. The lowest BCUT2D eigenvalue weighted by Crippen LogP contribution is -2.41. The first-order valence-corrected chi connectivity index (χ1v) is 9.78. The normalized spacial score (nSPS) is 20.8. The van der Waals surface area contributed by atoms with Crippen LogP contribution in [0.4, 0.5) is 0 Å². The monoisotopic (exact) mass is 402 g/mol. The predicted molar refractivity (Wildman–Crippen MR) is 92.5 cm³/mol. The minimum atomic E-state index is -0.347. The molecule has 1 fully saturated rings. The van der Waals surface area contributed by atoms with Crippen molar-refractivity contribution in [2.45, 2.75) is 38.9 Å². The highest BCUT2D eigenvalue weighted by Crippen LogP contribution is 2.37. The summed E-state index contributed by atoms with van der Waals surface area (Å²) in [4.78, 5) is 4.44. The molecule has 2 aromatic heterocycles. The Morgan fingerprint density at radius 2 is 1.85 bits per heavy atom. The average Bonchev–Trinajstić information content (AvgIpc) is 2.88. The van der Waals surface area contributed by atoms with E-state index in [-0.39, 0.29) is 18.3 Å². The van der Waals surface area contributed by atoms with Gasteiger partial charge in [0.25, 0.3) is 0 Å². The van der Waals surface area contributed by atoms with Gasteiger partial charge >= 0.3 is 7.12 Å². The van der Waals surface area contributed by atoms with E-state index in [1.54, 1.807) is 9.12 Å². The van der Waals surface area contributed by atoms with Crippen LogP contribution in [-0.4, -0.2) is 27.3 Å². The van der Waals surface area contributed by atoms with Crippen LogP contribution in [0.25, 0.3) is 11.0 Å². The zero-order chi connectivity index (χ0) is 14.5. The Labute approximate surface area is 135 Å². The molecule has 3 rings (SSSR count). The summed E-state index contributed by atoms with van der Waals surface area (Å²) in [6.45, 7) is 8.27. The summed E-state index contributed by atoms with van der Waals surface area (Å²) >= 11 is 2.25. The molecule has 1 aliphatic heterocycles.